The zero-order valence-corrected chi connectivity index (χ0v) is 13.5. The van der Waals surface area contributed by atoms with Crippen molar-refractivity contribution in [1.82, 2.24) is 10.2 Å². The molecule has 1 N–H and O–H groups in total. The average molecular weight is 303 g/mol. The maximum absolute atomic E-state index is 12.8. The molecule has 120 valence electrons. The smallest absolute Gasteiger partial charge is 0.241 e. The van der Waals surface area contributed by atoms with Crippen molar-refractivity contribution < 1.29 is 9.53 Å². The van der Waals surface area contributed by atoms with Crippen molar-refractivity contribution in [3.05, 3.63) is 23.8 Å². The first kappa shape index (κ1) is 15.3. The standard InChI is InChI=1S/C17H25N3O2/c1-13-11-18-7-9-19(13)12-17(21)20-8-3-4-14-10-15(22-2)5-6-16(14)20/h5-6,10,13,18H,3-4,7-9,11-12H2,1-2H3/t13-/m1/s1. The van der Waals surface area contributed by atoms with Crippen LogP contribution in [0.5, 0.6) is 5.75 Å². The lowest BCUT2D eigenvalue weighted by molar-refractivity contribution is -0.120. The first-order valence-electron chi connectivity index (χ1n) is 8.11. The Bertz CT molecular complexity index is 547. The average Bonchev–Trinajstić information content (AvgIpc) is 2.55. The summed E-state index contributed by atoms with van der Waals surface area (Å²) in [5, 5.41) is 3.37. The number of hydrogen-bond donors (Lipinski definition) is 1. The third-order valence-electron chi connectivity index (χ3n) is 4.68. The number of aryl methyl sites for hydroxylation is 1. The number of carbonyl (C=O) groups is 1. The number of nitrogens with zero attached hydrogens (tertiary/aromatic N) is 2. The van der Waals surface area contributed by atoms with Gasteiger partial charge in [-0.25, -0.2) is 0 Å². The zero-order chi connectivity index (χ0) is 15.5. The number of anilines is 1. The van der Waals surface area contributed by atoms with E-state index < -0.39 is 0 Å². The van der Waals surface area contributed by atoms with E-state index in [-0.39, 0.29) is 5.91 Å². The summed E-state index contributed by atoms with van der Waals surface area (Å²) >= 11 is 0. The van der Waals surface area contributed by atoms with E-state index in [0.717, 1.165) is 50.5 Å². The Morgan fingerprint density at radius 1 is 1.41 bits per heavy atom. The largest absolute Gasteiger partial charge is 0.497 e. The van der Waals surface area contributed by atoms with Gasteiger partial charge in [0.25, 0.3) is 0 Å². The second kappa shape index (κ2) is 6.67. The van der Waals surface area contributed by atoms with Crippen LogP contribution in [0.4, 0.5) is 5.69 Å². The fraction of sp³-hybridized carbons (Fsp3) is 0.588. The van der Waals surface area contributed by atoms with Gasteiger partial charge in [0.05, 0.1) is 13.7 Å². The molecular formula is C17H25N3O2. The molecule has 0 bridgehead atoms. The Balaban J connectivity index is 1.74. The van der Waals surface area contributed by atoms with Gasteiger partial charge in [-0.05, 0) is 43.5 Å². The third-order valence-corrected chi connectivity index (χ3v) is 4.68. The first-order valence-corrected chi connectivity index (χ1v) is 8.11. The van der Waals surface area contributed by atoms with Crippen LogP contribution < -0.4 is 15.0 Å². The molecule has 1 fully saturated rings. The van der Waals surface area contributed by atoms with Gasteiger partial charge in [0.2, 0.25) is 5.91 Å². The molecule has 5 heteroatoms. The Hall–Kier alpha value is -1.59. The summed E-state index contributed by atoms with van der Waals surface area (Å²) in [6, 6.07) is 6.43. The maximum Gasteiger partial charge on any atom is 0.241 e. The van der Waals surface area contributed by atoms with Crippen LogP contribution >= 0.6 is 0 Å². The molecule has 2 aliphatic heterocycles. The minimum Gasteiger partial charge on any atom is -0.497 e. The molecule has 0 radical (unpaired) electrons. The number of nitrogens with one attached hydrogen (secondary N) is 1. The molecule has 5 nitrogen and oxygen atoms in total. The van der Waals surface area contributed by atoms with E-state index in [4.69, 9.17) is 4.74 Å². The summed E-state index contributed by atoms with van der Waals surface area (Å²) in [5.41, 5.74) is 2.27. The van der Waals surface area contributed by atoms with Crippen LogP contribution in [0, 0.1) is 0 Å². The quantitative estimate of drug-likeness (QED) is 0.913. The van der Waals surface area contributed by atoms with Crippen molar-refractivity contribution in [2.45, 2.75) is 25.8 Å². The van der Waals surface area contributed by atoms with Crippen LogP contribution in [-0.2, 0) is 11.2 Å². The van der Waals surface area contributed by atoms with E-state index in [0.29, 0.717) is 12.6 Å². The van der Waals surface area contributed by atoms with E-state index in [1.165, 1.54) is 5.56 Å². The predicted molar refractivity (Wildman–Crippen MR) is 87.6 cm³/mol. The Morgan fingerprint density at radius 3 is 3.05 bits per heavy atom. The monoisotopic (exact) mass is 303 g/mol. The van der Waals surface area contributed by atoms with Gasteiger partial charge in [0.15, 0.2) is 0 Å². The van der Waals surface area contributed by atoms with E-state index in [1.54, 1.807) is 7.11 Å². The molecule has 1 saturated heterocycles. The molecule has 0 aromatic heterocycles. The number of hydrogen-bond acceptors (Lipinski definition) is 4. The lowest BCUT2D eigenvalue weighted by atomic mass is 10.0. The van der Waals surface area contributed by atoms with Crippen LogP contribution in [0.25, 0.3) is 0 Å². The highest BCUT2D eigenvalue weighted by molar-refractivity contribution is 5.96. The van der Waals surface area contributed by atoms with E-state index in [2.05, 4.69) is 23.2 Å². The van der Waals surface area contributed by atoms with Gasteiger partial charge in [-0.3, -0.25) is 9.69 Å². The van der Waals surface area contributed by atoms with Crippen molar-refractivity contribution >= 4 is 11.6 Å². The summed E-state index contributed by atoms with van der Waals surface area (Å²) < 4.78 is 5.29. The predicted octanol–water partition coefficient (Wildman–Crippen LogP) is 1.27. The molecular weight excluding hydrogens is 278 g/mol. The van der Waals surface area contributed by atoms with Gasteiger partial charge in [-0.15, -0.1) is 0 Å². The number of fused-ring (bicyclic) bond motifs is 1. The minimum absolute atomic E-state index is 0.208. The van der Waals surface area contributed by atoms with Gasteiger partial charge in [0.1, 0.15) is 5.75 Å². The van der Waals surface area contributed by atoms with E-state index in [9.17, 15) is 4.79 Å². The molecule has 0 spiro atoms. The van der Waals surface area contributed by atoms with Crippen molar-refractivity contribution in [2.24, 2.45) is 0 Å². The van der Waals surface area contributed by atoms with Gasteiger partial charge >= 0.3 is 0 Å². The van der Waals surface area contributed by atoms with Crippen LogP contribution in [0.1, 0.15) is 18.9 Å². The number of benzene rings is 1. The topological polar surface area (TPSA) is 44.8 Å². The Labute approximate surface area is 132 Å². The summed E-state index contributed by atoms with van der Waals surface area (Å²) in [6.45, 7) is 6.37. The number of amides is 1. The third kappa shape index (κ3) is 3.10. The number of carbonyl (C=O) groups excluding carboxylic acids is 1. The van der Waals surface area contributed by atoms with Crippen molar-refractivity contribution in [3.63, 3.8) is 0 Å². The summed E-state index contributed by atoms with van der Waals surface area (Å²) in [6.07, 6.45) is 2.03. The summed E-state index contributed by atoms with van der Waals surface area (Å²) in [5.74, 6) is 1.07. The van der Waals surface area contributed by atoms with Crippen molar-refractivity contribution in [3.8, 4) is 5.75 Å². The van der Waals surface area contributed by atoms with Gasteiger partial charge in [-0.2, -0.15) is 0 Å². The molecule has 22 heavy (non-hydrogen) atoms. The van der Waals surface area contributed by atoms with Crippen LogP contribution in [0.3, 0.4) is 0 Å². The molecule has 2 aliphatic rings. The van der Waals surface area contributed by atoms with Crippen molar-refractivity contribution in [2.75, 3.05) is 44.7 Å². The molecule has 1 atom stereocenters. The highest BCUT2D eigenvalue weighted by Gasteiger charge is 2.26. The SMILES string of the molecule is COc1ccc2c(c1)CCCN2C(=O)CN1CCNC[C@H]1C. The second-order valence-electron chi connectivity index (χ2n) is 6.17. The Morgan fingerprint density at radius 2 is 2.27 bits per heavy atom. The molecule has 1 aromatic carbocycles. The number of piperazine rings is 1. The molecule has 3 rings (SSSR count). The van der Waals surface area contributed by atoms with Gasteiger partial charge in [-0.1, -0.05) is 0 Å². The summed E-state index contributed by atoms with van der Waals surface area (Å²) in [4.78, 5) is 17.0. The van der Waals surface area contributed by atoms with Gasteiger partial charge in [0, 0.05) is 37.9 Å². The highest BCUT2D eigenvalue weighted by Crippen LogP contribution is 2.30. The number of methoxy groups -OCH3 is 1. The fourth-order valence-electron chi connectivity index (χ4n) is 3.34. The number of ether oxygens (including phenoxy) is 1. The van der Waals surface area contributed by atoms with Gasteiger partial charge < -0.3 is 15.0 Å². The molecule has 0 saturated carbocycles. The van der Waals surface area contributed by atoms with Crippen LogP contribution in [-0.4, -0.2) is 56.7 Å². The van der Waals surface area contributed by atoms with Crippen LogP contribution in [0.15, 0.2) is 18.2 Å². The molecule has 2 heterocycles. The minimum atomic E-state index is 0.208. The zero-order valence-electron chi connectivity index (χ0n) is 13.5. The number of rotatable bonds is 3. The molecule has 1 aromatic rings. The molecule has 0 unspecified atom stereocenters. The van der Waals surface area contributed by atoms with E-state index in [1.807, 2.05) is 17.0 Å². The fourth-order valence-corrected chi connectivity index (χ4v) is 3.34. The first-order chi connectivity index (χ1) is 10.7. The Kier molecular flexibility index (Phi) is 4.64. The maximum atomic E-state index is 12.8. The lowest BCUT2D eigenvalue weighted by Crippen LogP contribution is -2.53. The molecule has 0 aliphatic carbocycles. The highest BCUT2D eigenvalue weighted by atomic mass is 16.5. The van der Waals surface area contributed by atoms with Crippen LogP contribution in [0.2, 0.25) is 0 Å². The normalized spacial score (nSPS) is 22.3. The van der Waals surface area contributed by atoms with E-state index >= 15 is 0 Å². The second-order valence-corrected chi connectivity index (χ2v) is 6.17. The van der Waals surface area contributed by atoms with Crippen molar-refractivity contribution in [1.29, 1.82) is 0 Å². The summed E-state index contributed by atoms with van der Waals surface area (Å²) in [7, 11) is 1.68. The lowest BCUT2D eigenvalue weighted by Gasteiger charge is -2.36. The molecule has 1 amide bonds.